The van der Waals surface area contributed by atoms with E-state index in [1.807, 2.05) is 16.8 Å². The number of carbonyl (C=O) groups is 1. The standard InChI is InChI=1S/C13H19N5O3/c1-14-5-4-13(19)17-8-6-16(7-9-17)12-3-2-11(10-15-12)18(20)21/h2-3,10,14H,4-9H2,1H3. The minimum Gasteiger partial charge on any atom is -0.353 e. The fourth-order valence-electron chi connectivity index (χ4n) is 2.25. The first-order valence-corrected chi connectivity index (χ1v) is 6.89. The molecule has 2 rings (SSSR count). The van der Waals surface area contributed by atoms with Crippen LogP contribution in [0.15, 0.2) is 18.3 Å². The van der Waals surface area contributed by atoms with Gasteiger partial charge >= 0.3 is 0 Å². The Morgan fingerprint density at radius 2 is 2.10 bits per heavy atom. The van der Waals surface area contributed by atoms with E-state index in [2.05, 4.69) is 10.3 Å². The largest absolute Gasteiger partial charge is 0.353 e. The van der Waals surface area contributed by atoms with Crippen LogP contribution in [0.1, 0.15) is 6.42 Å². The molecule has 0 radical (unpaired) electrons. The molecule has 0 spiro atoms. The molecular weight excluding hydrogens is 274 g/mol. The second kappa shape index (κ2) is 6.98. The topological polar surface area (TPSA) is 91.6 Å². The van der Waals surface area contributed by atoms with Crippen molar-refractivity contribution < 1.29 is 9.72 Å². The molecule has 1 aliphatic heterocycles. The minimum atomic E-state index is -0.463. The summed E-state index contributed by atoms with van der Waals surface area (Å²) in [4.78, 5) is 30.0. The predicted molar refractivity (Wildman–Crippen MR) is 78.2 cm³/mol. The molecule has 114 valence electrons. The lowest BCUT2D eigenvalue weighted by molar-refractivity contribution is -0.385. The number of hydrogen-bond acceptors (Lipinski definition) is 6. The summed E-state index contributed by atoms with van der Waals surface area (Å²) >= 11 is 0. The molecule has 1 aromatic rings. The fourth-order valence-corrected chi connectivity index (χ4v) is 2.25. The zero-order chi connectivity index (χ0) is 15.2. The van der Waals surface area contributed by atoms with E-state index in [1.54, 1.807) is 6.07 Å². The Morgan fingerprint density at radius 1 is 1.38 bits per heavy atom. The van der Waals surface area contributed by atoms with Gasteiger partial charge in [0.2, 0.25) is 5.91 Å². The van der Waals surface area contributed by atoms with Gasteiger partial charge in [0.15, 0.2) is 0 Å². The van der Waals surface area contributed by atoms with Crippen molar-refractivity contribution >= 4 is 17.4 Å². The van der Waals surface area contributed by atoms with E-state index in [0.717, 1.165) is 0 Å². The van der Waals surface area contributed by atoms with E-state index in [1.165, 1.54) is 12.3 Å². The molecule has 0 aromatic carbocycles. The van der Waals surface area contributed by atoms with Crippen molar-refractivity contribution in [3.63, 3.8) is 0 Å². The van der Waals surface area contributed by atoms with E-state index >= 15 is 0 Å². The summed E-state index contributed by atoms with van der Waals surface area (Å²) < 4.78 is 0. The van der Waals surface area contributed by atoms with Crippen LogP contribution in [0.2, 0.25) is 0 Å². The van der Waals surface area contributed by atoms with Crippen LogP contribution >= 0.6 is 0 Å². The Labute approximate surface area is 122 Å². The third-order valence-electron chi connectivity index (χ3n) is 3.49. The van der Waals surface area contributed by atoms with Crippen LogP contribution in [-0.2, 0) is 4.79 Å². The summed E-state index contributed by atoms with van der Waals surface area (Å²) in [6.07, 6.45) is 1.77. The van der Waals surface area contributed by atoms with Crippen LogP contribution in [0, 0.1) is 10.1 Å². The summed E-state index contributed by atoms with van der Waals surface area (Å²) in [6.45, 7) is 3.37. The Bertz CT molecular complexity index is 497. The van der Waals surface area contributed by atoms with E-state index in [-0.39, 0.29) is 11.6 Å². The molecule has 8 nitrogen and oxygen atoms in total. The van der Waals surface area contributed by atoms with Gasteiger partial charge in [0.05, 0.1) is 4.92 Å². The lowest BCUT2D eigenvalue weighted by Crippen LogP contribution is -2.49. The lowest BCUT2D eigenvalue weighted by atomic mass is 10.2. The van der Waals surface area contributed by atoms with Gasteiger partial charge in [0.25, 0.3) is 5.69 Å². The number of hydrogen-bond donors (Lipinski definition) is 1. The van der Waals surface area contributed by atoms with Gasteiger partial charge in [-0.15, -0.1) is 0 Å². The van der Waals surface area contributed by atoms with Gasteiger partial charge in [-0.2, -0.15) is 0 Å². The summed E-state index contributed by atoms with van der Waals surface area (Å²) in [5, 5.41) is 13.6. The van der Waals surface area contributed by atoms with Crippen LogP contribution in [0.3, 0.4) is 0 Å². The van der Waals surface area contributed by atoms with Crippen LogP contribution in [-0.4, -0.2) is 60.5 Å². The normalized spacial score (nSPS) is 15.1. The molecule has 21 heavy (non-hydrogen) atoms. The quantitative estimate of drug-likeness (QED) is 0.618. The minimum absolute atomic E-state index is 0.0142. The molecule has 0 bridgehead atoms. The van der Waals surface area contributed by atoms with Crippen molar-refractivity contribution in [1.29, 1.82) is 0 Å². The third kappa shape index (κ3) is 3.88. The SMILES string of the molecule is CNCCC(=O)N1CCN(c2ccc([N+](=O)[O-])cn2)CC1. The number of nitrogens with one attached hydrogen (secondary N) is 1. The maximum Gasteiger partial charge on any atom is 0.287 e. The number of nitrogens with zero attached hydrogens (tertiary/aromatic N) is 4. The van der Waals surface area contributed by atoms with Gasteiger partial charge in [-0.25, -0.2) is 4.98 Å². The second-order valence-corrected chi connectivity index (χ2v) is 4.85. The monoisotopic (exact) mass is 293 g/mol. The zero-order valence-electron chi connectivity index (χ0n) is 12.0. The van der Waals surface area contributed by atoms with Crippen LogP contribution in [0.5, 0.6) is 0 Å². The van der Waals surface area contributed by atoms with Crippen LogP contribution in [0.4, 0.5) is 11.5 Å². The molecule has 1 saturated heterocycles. The van der Waals surface area contributed by atoms with Crippen LogP contribution in [0.25, 0.3) is 0 Å². The smallest absolute Gasteiger partial charge is 0.287 e. The first-order chi connectivity index (χ1) is 10.1. The number of piperazine rings is 1. The van der Waals surface area contributed by atoms with E-state index in [4.69, 9.17) is 0 Å². The van der Waals surface area contributed by atoms with E-state index in [0.29, 0.717) is 45.0 Å². The highest BCUT2D eigenvalue weighted by molar-refractivity contribution is 5.76. The average Bonchev–Trinajstić information content (AvgIpc) is 2.53. The van der Waals surface area contributed by atoms with Crippen molar-refractivity contribution in [2.75, 3.05) is 44.7 Å². The van der Waals surface area contributed by atoms with Gasteiger partial charge in [-0.3, -0.25) is 14.9 Å². The molecule has 1 N–H and O–H groups in total. The third-order valence-corrected chi connectivity index (χ3v) is 3.49. The molecule has 1 amide bonds. The number of pyridine rings is 1. The average molecular weight is 293 g/mol. The first kappa shape index (κ1) is 15.2. The van der Waals surface area contributed by atoms with Crippen molar-refractivity contribution in [3.05, 3.63) is 28.4 Å². The van der Waals surface area contributed by atoms with Crippen molar-refractivity contribution in [3.8, 4) is 0 Å². The van der Waals surface area contributed by atoms with E-state index < -0.39 is 4.92 Å². The zero-order valence-corrected chi connectivity index (χ0v) is 12.0. The molecule has 1 aliphatic rings. The number of rotatable bonds is 5. The fraction of sp³-hybridized carbons (Fsp3) is 0.538. The molecule has 2 heterocycles. The van der Waals surface area contributed by atoms with Crippen molar-refractivity contribution in [2.45, 2.75) is 6.42 Å². The van der Waals surface area contributed by atoms with Gasteiger partial charge in [-0.05, 0) is 13.1 Å². The lowest BCUT2D eigenvalue weighted by Gasteiger charge is -2.35. The number of amides is 1. The highest BCUT2D eigenvalue weighted by atomic mass is 16.6. The maximum atomic E-state index is 11.9. The Kier molecular flexibility index (Phi) is 5.04. The maximum absolute atomic E-state index is 11.9. The predicted octanol–water partition coefficient (Wildman–Crippen LogP) is 0.248. The summed E-state index contributed by atoms with van der Waals surface area (Å²) in [5.41, 5.74) is -0.0142. The second-order valence-electron chi connectivity index (χ2n) is 4.85. The number of aromatic nitrogens is 1. The highest BCUT2D eigenvalue weighted by Gasteiger charge is 2.21. The van der Waals surface area contributed by atoms with Crippen molar-refractivity contribution in [2.24, 2.45) is 0 Å². The van der Waals surface area contributed by atoms with Crippen LogP contribution < -0.4 is 10.2 Å². The molecule has 0 aliphatic carbocycles. The molecule has 8 heteroatoms. The molecular formula is C13H19N5O3. The Balaban J connectivity index is 1.88. The highest BCUT2D eigenvalue weighted by Crippen LogP contribution is 2.17. The molecule has 1 aromatic heterocycles. The summed E-state index contributed by atoms with van der Waals surface area (Å²) in [5.74, 6) is 0.864. The molecule has 0 unspecified atom stereocenters. The molecule has 0 atom stereocenters. The number of carbonyl (C=O) groups excluding carboxylic acids is 1. The molecule has 0 saturated carbocycles. The molecule has 1 fully saturated rings. The summed E-state index contributed by atoms with van der Waals surface area (Å²) in [6, 6.07) is 3.10. The Hall–Kier alpha value is -2.22. The van der Waals surface area contributed by atoms with Gasteiger partial charge in [0, 0.05) is 45.2 Å². The van der Waals surface area contributed by atoms with Gasteiger partial charge < -0.3 is 15.1 Å². The number of nitro groups is 1. The number of anilines is 1. The van der Waals surface area contributed by atoms with Crippen molar-refractivity contribution in [1.82, 2.24) is 15.2 Å². The summed E-state index contributed by atoms with van der Waals surface area (Å²) in [7, 11) is 1.82. The van der Waals surface area contributed by atoms with Gasteiger partial charge in [-0.1, -0.05) is 0 Å². The first-order valence-electron chi connectivity index (χ1n) is 6.89. The Morgan fingerprint density at radius 3 is 2.62 bits per heavy atom. The van der Waals surface area contributed by atoms with Gasteiger partial charge in [0.1, 0.15) is 12.0 Å². The van der Waals surface area contributed by atoms with E-state index in [9.17, 15) is 14.9 Å².